The summed E-state index contributed by atoms with van der Waals surface area (Å²) in [5.41, 5.74) is 0. The first-order chi connectivity index (χ1) is 5.68. The Kier molecular flexibility index (Phi) is 6.58. The van der Waals surface area contributed by atoms with Crippen molar-refractivity contribution in [3.8, 4) is 6.07 Å². The molecule has 0 aromatic rings. The predicted molar refractivity (Wildman–Crippen MR) is 49.0 cm³/mol. The Morgan fingerprint density at radius 2 is 2.42 bits per heavy atom. The number of unbranched alkanes of at least 4 members (excludes halogenated alkanes) is 1. The van der Waals surface area contributed by atoms with Gasteiger partial charge in [-0.1, -0.05) is 6.92 Å². The number of nitriles is 1. The van der Waals surface area contributed by atoms with E-state index >= 15 is 0 Å². The summed E-state index contributed by atoms with van der Waals surface area (Å²) < 4.78 is 0. The summed E-state index contributed by atoms with van der Waals surface area (Å²) in [6, 6.07) is 2.05. The zero-order valence-corrected chi connectivity index (χ0v) is 7.93. The molecule has 0 heterocycles. The van der Waals surface area contributed by atoms with E-state index in [-0.39, 0.29) is 5.92 Å². The van der Waals surface area contributed by atoms with Crippen molar-refractivity contribution in [3.05, 3.63) is 0 Å². The molecule has 12 heavy (non-hydrogen) atoms. The molecule has 0 bridgehead atoms. The topological polar surface area (TPSA) is 61.1 Å². The van der Waals surface area contributed by atoms with Crippen molar-refractivity contribution >= 4 is 17.7 Å². The molecule has 1 unspecified atom stereocenters. The molecule has 0 saturated heterocycles. The Bertz CT molecular complexity index is 176. The first-order valence-electron chi connectivity index (χ1n) is 3.86. The fourth-order valence-corrected chi connectivity index (χ4v) is 1.60. The molecule has 1 atom stereocenters. The normalized spacial score (nSPS) is 12.0. The van der Waals surface area contributed by atoms with Crippen LogP contribution in [0.25, 0.3) is 0 Å². The standard InChI is InChI=1S/C8H13NO2S/c1-7(8(10)11)6-12-5-3-2-4-9/h7H,2-3,5-6H2,1H3,(H,10,11). The molecule has 0 amide bonds. The fourth-order valence-electron chi connectivity index (χ4n) is 0.585. The monoisotopic (exact) mass is 187 g/mol. The van der Waals surface area contributed by atoms with E-state index in [9.17, 15) is 4.79 Å². The highest BCUT2D eigenvalue weighted by molar-refractivity contribution is 7.99. The first kappa shape index (κ1) is 11.3. The van der Waals surface area contributed by atoms with Gasteiger partial charge in [-0.2, -0.15) is 17.0 Å². The van der Waals surface area contributed by atoms with Crippen molar-refractivity contribution in [1.82, 2.24) is 0 Å². The fraction of sp³-hybridized carbons (Fsp3) is 0.750. The Labute approximate surface area is 76.8 Å². The second kappa shape index (κ2) is 6.99. The molecule has 4 heteroatoms. The molecule has 0 radical (unpaired) electrons. The van der Waals surface area contributed by atoms with E-state index in [1.165, 1.54) is 0 Å². The lowest BCUT2D eigenvalue weighted by molar-refractivity contribution is -0.140. The molecule has 0 aromatic carbocycles. The molecule has 0 aliphatic rings. The van der Waals surface area contributed by atoms with Gasteiger partial charge in [-0.15, -0.1) is 0 Å². The van der Waals surface area contributed by atoms with Crippen LogP contribution in [0.4, 0.5) is 0 Å². The average Bonchev–Trinajstić information content (AvgIpc) is 2.03. The van der Waals surface area contributed by atoms with Crippen LogP contribution < -0.4 is 0 Å². The molecular weight excluding hydrogens is 174 g/mol. The Morgan fingerprint density at radius 3 is 2.92 bits per heavy atom. The van der Waals surface area contributed by atoms with Crippen molar-refractivity contribution in [2.45, 2.75) is 19.8 Å². The van der Waals surface area contributed by atoms with Gasteiger partial charge in [0.1, 0.15) is 0 Å². The molecule has 0 fully saturated rings. The maximum atomic E-state index is 10.4. The van der Waals surface area contributed by atoms with Gasteiger partial charge in [-0.25, -0.2) is 0 Å². The maximum absolute atomic E-state index is 10.4. The summed E-state index contributed by atoms with van der Waals surface area (Å²) in [4.78, 5) is 10.4. The maximum Gasteiger partial charge on any atom is 0.307 e. The minimum absolute atomic E-state index is 0.280. The summed E-state index contributed by atoms with van der Waals surface area (Å²) in [5.74, 6) is 0.492. The van der Waals surface area contributed by atoms with Crippen molar-refractivity contribution in [1.29, 1.82) is 5.26 Å². The summed E-state index contributed by atoms with van der Waals surface area (Å²) >= 11 is 1.60. The van der Waals surface area contributed by atoms with E-state index in [1.54, 1.807) is 18.7 Å². The van der Waals surface area contributed by atoms with Crippen molar-refractivity contribution in [2.24, 2.45) is 5.92 Å². The number of rotatable bonds is 6. The third-order valence-electron chi connectivity index (χ3n) is 1.37. The van der Waals surface area contributed by atoms with Crippen LogP contribution in [-0.4, -0.2) is 22.6 Å². The predicted octanol–water partition coefficient (Wildman–Crippen LogP) is 1.74. The largest absolute Gasteiger partial charge is 0.481 e. The molecular formula is C8H13NO2S. The SMILES string of the molecule is CC(CSCCCC#N)C(=O)O. The lowest BCUT2D eigenvalue weighted by Gasteiger charge is -2.03. The summed E-state index contributed by atoms with van der Waals surface area (Å²) in [7, 11) is 0. The Morgan fingerprint density at radius 1 is 1.75 bits per heavy atom. The lowest BCUT2D eigenvalue weighted by atomic mass is 10.2. The molecule has 1 N–H and O–H groups in total. The highest BCUT2D eigenvalue weighted by atomic mass is 32.2. The van der Waals surface area contributed by atoms with E-state index in [2.05, 4.69) is 0 Å². The minimum atomic E-state index is -0.747. The lowest BCUT2D eigenvalue weighted by Crippen LogP contribution is -2.11. The second-order valence-corrected chi connectivity index (χ2v) is 3.73. The molecule has 68 valence electrons. The van der Waals surface area contributed by atoms with Crippen LogP contribution in [0.5, 0.6) is 0 Å². The first-order valence-corrected chi connectivity index (χ1v) is 5.01. The zero-order valence-electron chi connectivity index (χ0n) is 7.12. The number of carboxylic acid groups (broad SMARTS) is 1. The number of hydrogen-bond acceptors (Lipinski definition) is 3. The van der Waals surface area contributed by atoms with Crippen LogP contribution in [0.3, 0.4) is 0 Å². The molecule has 0 saturated carbocycles. The van der Waals surface area contributed by atoms with E-state index in [0.29, 0.717) is 12.2 Å². The van der Waals surface area contributed by atoms with Gasteiger partial charge < -0.3 is 5.11 Å². The summed E-state index contributed by atoms with van der Waals surface area (Å²) in [6.07, 6.45) is 1.42. The van der Waals surface area contributed by atoms with Crippen molar-refractivity contribution in [3.63, 3.8) is 0 Å². The third-order valence-corrected chi connectivity index (χ3v) is 2.68. The Balaban J connectivity index is 3.21. The van der Waals surface area contributed by atoms with E-state index in [4.69, 9.17) is 10.4 Å². The molecule has 0 aliphatic heterocycles. The number of carbonyl (C=O) groups is 1. The second-order valence-electron chi connectivity index (χ2n) is 2.58. The van der Waals surface area contributed by atoms with Gasteiger partial charge in [0.2, 0.25) is 0 Å². The van der Waals surface area contributed by atoms with E-state index < -0.39 is 5.97 Å². The molecule has 0 aromatic heterocycles. The summed E-state index contributed by atoms with van der Waals surface area (Å²) in [5, 5.41) is 16.7. The highest BCUT2D eigenvalue weighted by Crippen LogP contribution is 2.10. The molecule has 0 aliphatic carbocycles. The van der Waals surface area contributed by atoms with Crippen LogP contribution in [0.1, 0.15) is 19.8 Å². The van der Waals surface area contributed by atoms with Crippen LogP contribution in [0.15, 0.2) is 0 Å². The number of carboxylic acids is 1. The average molecular weight is 187 g/mol. The van der Waals surface area contributed by atoms with Crippen molar-refractivity contribution in [2.75, 3.05) is 11.5 Å². The van der Waals surface area contributed by atoms with Gasteiger partial charge >= 0.3 is 5.97 Å². The smallest absolute Gasteiger partial charge is 0.307 e. The summed E-state index contributed by atoms with van der Waals surface area (Å²) in [6.45, 7) is 1.69. The number of aliphatic carboxylic acids is 1. The van der Waals surface area contributed by atoms with Crippen LogP contribution in [0, 0.1) is 17.2 Å². The van der Waals surface area contributed by atoms with Gasteiger partial charge in [0.15, 0.2) is 0 Å². The van der Waals surface area contributed by atoms with Gasteiger partial charge in [0.05, 0.1) is 12.0 Å². The highest BCUT2D eigenvalue weighted by Gasteiger charge is 2.09. The van der Waals surface area contributed by atoms with Crippen LogP contribution in [0.2, 0.25) is 0 Å². The Hall–Kier alpha value is -0.690. The zero-order chi connectivity index (χ0) is 9.40. The van der Waals surface area contributed by atoms with E-state index in [1.807, 2.05) is 6.07 Å². The number of nitrogens with zero attached hydrogens (tertiary/aromatic N) is 1. The third kappa shape index (κ3) is 6.05. The van der Waals surface area contributed by atoms with Crippen LogP contribution in [-0.2, 0) is 4.79 Å². The molecule has 0 rings (SSSR count). The van der Waals surface area contributed by atoms with Gasteiger partial charge in [-0.3, -0.25) is 4.79 Å². The molecule has 0 spiro atoms. The van der Waals surface area contributed by atoms with Gasteiger partial charge in [0.25, 0.3) is 0 Å². The minimum Gasteiger partial charge on any atom is -0.481 e. The number of thioether (sulfide) groups is 1. The van der Waals surface area contributed by atoms with Crippen molar-refractivity contribution < 1.29 is 9.90 Å². The van der Waals surface area contributed by atoms with Gasteiger partial charge in [0, 0.05) is 12.2 Å². The quantitative estimate of drug-likeness (QED) is 0.643. The number of hydrogen-bond donors (Lipinski definition) is 1. The van der Waals surface area contributed by atoms with Crippen LogP contribution >= 0.6 is 11.8 Å². The van der Waals surface area contributed by atoms with Gasteiger partial charge in [-0.05, 0) is 12.2 Å². The molecule has 3 nitrogen and oxygen atoms in total. The van der Waals surface area contributed by atoms with E-state index in [0.717, 1.165) is 12.2 Å².